The molecule has 3 heteroatoms. The third kappa shape index (κ3) is 2.73. The van der Waals surface area contributed by atoms with Crippen LogP contribution in [0.2, 0.25) is 0 Å². The van der Waals surface area contributed by atoms with Crippen LogP contribution in [0.25, 0.3) is 0 Å². The van der Waals surface area contributed by atoms with Crippen molar-refractivity contribution in [3.63, 3.8) is 0 Å². The van der Waals surface area contributed by atoms with Crippen LogP contribution >= 0.6 is 11.6 Å². The van der Waals surface area contributed by atoms with E-state index in [0.717, 1.165) is 11.1 Å². The second kappa shape index (κ2) is 4.86. The molecule has 1 aromatic carbocycles. The molecule has 0 radical (unpaired) electrons. The fraction of sp³-hybridized carbons (Fsp3) is 0.300. The molecule has 1 aromatic rings. The molecule has 0 aliphatic heterocycles. The fourth-order valence-electron chi connectivity index (χ4n) is 1.02. The van der Waals surface area contributed by atoms with Crippen LogP contribution in [0.4, 0.5) is 0 Å². The highest BCUT2D eigenvalue weighted by atomic mass is 35.5. The molecule has 0 aromatic heterocycles. The first kappa shape index (κ1) is 10.0. The van der Waals surface area contributed by atoms with Gasteiger partial charge in [-0.15, -0.1) is 11.6 Å². The number of hydrogen-bond acceptors (Lipinski definition) is 2. The summed E-state index contributed by atoms with van der Waals surface area (Å²) in [6.45, 7) is 0.583. The molecule has 68 valence electrons. The Morgan fingerprint density at radius 2 is 2.08 bits per heavy atom. The Kier molecular flexibility index (Phi) is 3.75. The van der Waals surface area contributed by atoms with Crippen LogP contribution in [-0.4, -0.2) is 7.11 Å². The number of benzene rings is 1. The molecule has 0 saturated heterocycles. The Morgan fingerprint density at radius 1 is 1.46 bits per heavy atom. The first-order valence-electron chi connectivity index (χ1n) is 3.89. The minimum atomic E-state index is -0.559. The second-order valence-electron chi connectivity index (χ2n) is 2.67. The van der Waals surface area contributed by atoms with Gasteiger partial charge in [0.05, 0.1) is 12.7 Å². The fourth-order valence-corrected chi connectivity index (χ4v) is 1.17. The lowest BCUT2D eigenvalue weighted by Gasteiger charge is -2.02. The van der Waals surface area contributed by atoms with Gasteiger partial charge in [-0.1, -0.05) is 24.3 Å². The van der Waals surface area contributed by atoms with Gasteiger partial charge < -0.3 is 4.74 Å². The minimum Gasteiger partial charge on any atom is -0.380 e. The predicted molar refractivity (Wildman–Crippen MR) is 51.4 cm³/mol. The highest BCUT2D eigenvalue weighted by Gasteiger charge is 2.04. The van der Waals surface area contributed by atoms with Gasteiger partial charge in [0.15, 0.2) is 0 Å². The molecule has 1 atom stereocenters. The molecule has 1 rings (SSSR count). The van der Waals surface area contributed by atoms with Crippen molar-refractivity contribution in [2.75, 3.05) is 7.11 Å². The van der Waals surface area contributed by atoms with Crippen molar-refractivity contribution < 1.29 is 4.74 Å². The first-order chi connectivity index (χ1) is 6.27. The number of alkyl halides is 1. The van der Waals surface area contributed by atoms with Gasteiger partial charge in [0, 0.05) is 7.11 Å². The van der Waals surface area contributed by atoms with Crippen molar-refractivity contribution in [2.45, 2.75) is 12.0 Å². The monoisotopic (exact) mass is 195 g/mol. The van der Waals surface area contributed by atoms with Gasteiger partial charge in [-0.25, -0.2) is 0 Å². The third-order valence-electron chi connectivity index (χ3n) is 1.70. The maximum Gasteiger partial charge on any atom is 0.145 e. The lowest BCUT2D eigenvalue weighted by molar-refractivity contribution is 0.185. The SMILES string of the molecule is COCc1ccc(C(Cl)C#N)cc1. The van der Waals surface area contributed by atoms with Gasteiger partial charge in [0.25, 0.3) is 0 Å². The van der Waals surface area contributed by atoms with E-state index in [1.165, 1.54) is 0 Å². The molecule has 0 heterocycles. The van der Waals surface area contributed by atoms with E-state index in [4.69, 9.17) is 21.6 Å². The Labute approximate surface area is 82.7 Å². The Balaban J connectivity index is 2.76. The van der Waals surface area contributed by atoms with Crippen LogP contribution < -0.4 is 0 Å². The lowest BCUT2D eigenvalue weighted by Crippen LogP contribution is -1.90. The molecule has 2 nitrogen and oxygen atoms in total. The average molecular weight is 196 g/mol. The molecule has 0 saturated carbocycles. The summed E-state index contributed by atoms with van der Waals surface area (Å²) < 4.78 is 4.96. The molecule has 0 fully saturated rings. The quantitative estimate of drug-likeness (QED) is 0.695. The first-order valence-corrected chi connectivity index (χ1v) is 4.33. The number of nitrogens with zero attached hydrogens (tertiary/aromatic N) is 1. The predicted octanol–water partition coefficient (Wildman–Crippen LogP) is 2.64. The maximum atomic E-state index is 8.55. The Morgan fingerprint density at radius 3 is 2.54 bits per heavy atom. The van der Waals surface area contributed by atoms with Gasteiger partial charge in [-0.05, 0) is 11.1 Å². The normalized spacial score (nSPS) is 12.1. The number of hydrogen-bond donors (Lipinski definition) is 0. The summed E-state index contributed by atoms with van der Waals surface area (Å²) >= 11 is 5.73. The number of halogens is 1. The number of nitriles is 1. The Hall–Kier alpha value is -1.04. The molecule has 0 N–H and O–H groups in total. The summed E-state index contributed by atoms with van der Waals surface area (Å²) in [7, 11) is 1.65. The van der Waals surface area contributed by atoms with Crippen molar-refractivity contribution >= 4 is 11.6 Å². The van der Waals surface area contributed by atoms with E-state index < -0.39 is 5.38 Å². The smallest absolute Gasteiger partial charge is 0.145 e. The molecular weight excluding hydrogens is 186 g/mol. The van der Waals surface area contributed by atoms with E-state index in [1.807, 2.05) is 30.3 Å². The molecule has 0 aliphatic rings. The van der Waals surface area contributed by atoms with Crippen LogP contribution in [0.3, 0.4) is 0 Å². The topological polar surface area (TPSA) is 33.0 Å². The highest BCUT2D eigenvalue weighted by molar-refractivity contribution is 6.22. The zero-order valence-corrected chi connectivity index (χ0v) is 8.08. The summed E-state index contributed by atoms with van der Waals surface area (Å²) in [6, 6.07) is 9.47. The number of ether oxygens (including phenoxy) is 1. The average Bonchev–Trinajstić information content (AvgIpc) is 2.18. The van der Waals surface area contributed by atoms with E-state index in [1.54, 1.807) is 7.11 Å². The van der Waals surface area contributed by atoms with Crippen molar-refractivity contribution in [1.29, 1.82) is 5.26 Å². The van der Waals surface area contributed by atoms with Crippen LogP contribution in [0.15, 0.2) is 24.3 Å². The summed E-state index contributed by atoms with van der Waals surface area (Å²) in [6.07, 6.45) is 0. The molecule has 0 bridgehead atoms. The zero-order chi connectivity index (χ0) is 9.68. The summed E-state index contributed by atoms with van der Waals surface area (Å²) in [5.41, 5.74) is 1.90. The maximum absolute atomic E-state index is 8.55. The van der Waals surface area contributed by atoms with E-state index in [9.17, 15) is 0 Å². The van der Waals surface area contributed by atoms with Gasteiger partial charge >= 0.3 is 0 Å². The van der Waals surface area contributed by atoms with E-state index in [-0.39, 0.29) is 0 Å². The molecule has 13 heavy (non-hydrogen) atoms. The zero-order valence-electron chi connectivity index (χ0n) is 7.33. The van der Waals surface area contributed by atoms with E-state index in [0.29, 0.717) is 6.61 Å². The van der Waals surface area contributed by atoms with Crippen LogP contribution in [-0.2, 0) is 11.3 Å². The lowest BCUT2D eigenvalue weighted by atomic mass is 10.1. The molecule has 0 amide bonds. The summed E-state index contributed by atoms with van der Waals surface area (Å²) in [4.78, 5) is 0. The molecule has 1 unspecified atom stereocenters. The Bertz CT molecular complexity index is 302. The number of methoxy groups -OCH3 is 1. The third-order valence-corrected chi connectivity index (χ3v) is 2.05. The van der Waals surface area contributed by atoms with Crippen LogP contribution in [0.1, 0.15) is 16.5 Å². The van der Waals surface area contributed by atoms with Crippen LogP contribution in [0.5, 0.6) is 0 Å². The largest absolute Gasteiger partial charge is 0.380 e. The number of rotatable bonds is 3. The molecular formula is C10H10ClNO. The van der Waals surface area contributed by atoms with Gasteiger partial charge in [-0.3, -0.25) is 0 Å². The van der Waals surface area contributed by atoms with Gasteiger partial charge in [-0.2, -0.15) is 5.26 Å². The van der Waals surface area contributed by atoms with Crippen molar-refractivity contribution in [3.8, 4) is 6.07 Å². The van der Waals surface area contributed by atoms with Gasteiger partial charge in [0.1, 0.15) is 5.38 Å². The van der Waals surface area contributed by atoms with Crippen LogP contribution in [0, 0.1) is 11.3 Å². The van der Waals surface area contributed by atoms with Gasteiger partial charge in [0.2, 0.25) is 0 Å². The molecule has 0 spiro atoms. The van der Waals surface area contributed by atoms with E-state index >= 15 is 0 Å². The second-order valence-corrected chi connectivity index (χ2v) is 3.10. The summed E-state index contributed by atoms with van der Waals surface area (Å²) in [5.74, 6) is 0. The van der Waals surface area contributed by atoms with E-state index in [2.05, 4.69) is 0 Å². The van der Waals surface area contributed by atoms with Crippen molar-refractivity contribution in [3.05, 3.63) is 35.4 Å². The minimum absolute atomic E-state index is 0.559. The van der Waals surface area contributed by atoms with Crippen molar-refractivity contribution in [2.24, 2.45) is 0 Å². The molecule has 0 aliphatic carbocycles. The summed E-state index contributed by atoms with van der Waals surface area (Å²) in [5, 5.41) is 8.00. The standard InChI is InChI=1S/C10H10ClNO/c1-13-7-8-2-4-9(5-3-8)10(11)6-12/h2-5,10H,7H2,1H3. The van der Waals surface area contributed by atoms with Crippen molar-refractivity contribution in [1.82, 2.24) is 0 Å². The highest BCUT2D eigenvalue weighted by Crippen LogP contribution is 2.19.